The molecule has 0 saturated carbocycles. The van der Waals surface area contributed by atoms with Gasteiger partial charge in [0.2, 0.25) is 9.70 Å². The minimum Gasteiger partial charge on any atom is -0.338 e. The highest BCUT2D eigenvalue weighted by molar-refractivity contribution is 7.80. The van der Waals surface area contributed by atoms with E-state index in [0.29, 0.717) is 6.42 Å². The van der Waals surface area contributed by atoms with Crippen molar-refractivity contribution < 1.29 is 4.79 Å². The van der Waals surface area contributed by atoms with Gasteiger partial charge in [-0.2, -0.15) is 0 Å². The maximum Gasteiger partial charge on any atom is 0.228 e. The van der Waals surface area contributed by atoms with Crippen molar-refractivity contribution >= 4 is 58.0 Å². The van der Waals surface area contributed by atoms with E-state index in [4.69, 9.17) is 47.0 Å². The Kier molecular flexibility index (Phi) is 8.90. The van der Waals surface area contributed by atoms with E-state index in [9.17, 15) is 4.79 Å². The Balaban J connectivity index is 2.49. The van der Waals surface area contributed by atoms with Gasteiger partial charge in [-0.1, -0.05) is 61.0 Å². The average molecular weight is 402 g/mol. The molecule has 0 aliphatic heterocycles. The third-order valence-corrected chi connectivity index (χ3v) is 3.68. The third-order valence-electron chi connectivity index (χ3n) is 2.81. The largest absolute Gasteiger partial charge is 0.338 e. The van der Waals surface area contributed by atoms with Crippen LogP contribution in [0.15, 0.2) is 12.7 Å². The molecule has 0 aromatic carbocycles. The van der Waals surface area contributed by atoms with Gasteiger partial charge >= 0.3 is 0 Å². The number of thiocarbonyl (C=S) groups is 1. The molecule has 0 radical (unpaired) electrons. The van der Waals surface area contributed by atoms with Crippen molar-refractivity contribution in [3.05, 3.63) is 12.7 Å². The molecule has 1 aromatic heterocycles. The molecule has 23 heavy (non-hydrogen) atoms. The van der Waals surface area contributed by atoms with E-state index in [-0.39, 0.29) is 11.0 Å². The van der Waals surface area contributed by atoms with Crippen molar-refractivity contribution in [2.75, 3.05) is 5.43 Å². The number of alkyl halides is 3. The van der Waals surface area contributed by atoms with Crippen LogP contribution in [-0.4, -0.2) is 35.9 Å². The molecule has 0 saturated heterocycles. The van der Waals surface area contributed by atoms with E-state index in [1.807, 2.05) is 0 Å². The highest BCUT2D eigenvalue weighted by Crippen LogP contribution is 2.29. The smallest absolute Gasteiger partial charge is 0.228 e. The molecule has 0 aliphatic rings. The fourth-order valence-corrected chi connectivity index (χ4v) is 2.23. The lowest BCUT2D eigenvalue weighted by molar-refractivity contribution is -0.122. The number of carbonyl (C=O) groups is 1. The summed E-state index contributed by atoms with van der Waals surface area (Å²) in [5, 5.41) is 12.8. The lowest BCUT2D eigenvalue weighted by atomic mass is 10.1. The van der Waals surface area contributed by atoms with Gasteiger partial charge in [-0.05, 0) is 18.6 Å². The second kappa shape index (κ2) is 10.1. The molecule has 1 rings (SSSR count). The number of halogens is 3. The molecule has 0 spiro atoms. The van der Waals surface area contributed by atoms with Crippen LogP contribution in [0.2, 0.25) is 0 Å². The van der Waals surface area contributed by atoms with Gasteiger partial charge < -0.3 is 10.6 Å². The van der Waals surface area contributed by atoms with Crippen LogP contribution in [0.1, 0.15) is 39.0 Å². The molecular formula is C12H19Cl3N6OS. The summed E-state index contributed by atoms with van der Waals surface area (Å²) >= 11 is 22.8. The Bertz CT molecular complexity index is 493. The summed E-state index contributed by atoms with van der Waals surface area (Å²) in [5.74, 6) is -0.211. The molecule has 11 heteroatoms. The molecule has 130 valence electrons. The fraction of sp³-hybridized carbons (Fsp3) is 0.667. The van der Waals surface area contributed by atoms with E-state index < -0.39 is 9.96 Å². The summed E-state index contributed by atoms with van der Waals surface area (Å²) in [7, 11) is 0. The Morgan fingerprint density at radius 2 is 1.87 bits per heavy atom. The van der Waals surface area contributed by atoms with Crippen molar-refractivity contribution in [2.24, 2.45) is 0 Å². The number of rotatable bonds is 8. The van der Waals surface area contributed by atoms with Gasteiger partial charge in [-0.3, -0.25) is 10.2 Å². The highest BCUT2D eigenvalue weighted by atomic mass is 35.6. The molecule has 0 fully saturated rings. The molecule has 0 bridgehead atoms. The minimum atomic E-state index is -1.77. The lowest BCUT2D eigenvalue weighted by Crippen LogP contribution is -2.56. The van der Waals surface area contributed by atoms with Gasteiger partial charge in [-0.25, -0.2) is 4.68 Å². The molecule has 1 amide bonds. The second-order valence-corrected chi connectivity index (χ2v) is 7.58. The number of nitrogens with zero attached hydrogens (tertiary/aromatic N) is 3. The summed E-state index contributed by atoms with van der Waals surface area (Å²) in [6.07, 6.45) is 6.18. The predicted octanol–water partition coefficient (Wildman–Crippen LogP) is 2.48. The van der Waals surface area contributed by atoms with Crippen LogP contribution in [0.3, 0.4) is 0 Å². The maximum absolute atomic E-state index is 11.9. The van der Waals surface area contributed by atoms with Crippen molar-refractivity contribution in [3.8, 4) is 0 Å². The van der Waals surface area contributed by atoms with E-state index in [0.717, 1.165) is 25.7 Å². The molecule has 0 aliphatic carbocycles. The minimum absolute atomic E-state index is 0.146. The Morgan fingerprint density at radius 1 is 1.22 bits per heavy atom. The molecule has 1 unspecified atom stereocenters. The summed E-state index contributed by atoms with van der Waals surface area (Å²) in [4.78, 5) is 11.9. The number of unbranched alkanes of at least 4 members (excludes halogenated alkanes) is 3. The summed E-state index contributed by atoms with van der Waals surface area (Å²) in [6, 6.07) is 0. The monoisotopic (exact) mass is 400 g/mol. The van der Waals surface area contributed by atoms with Crippen molar-refractivity contribution in [1.29, 1.82) is 0 Å². The average Bonchev–Trinajstić information content (AvgIpc) is 2.94. The first-order valence-corrected chi connectivity index (χ1v) is 8.65. The van der Waals surface area contributed by atoms with E-state index in [1.54, 1.807) is 0 Å². The topological polar surface area (TPSA) is 83.9 Å². The van der Waals surface area contributed by atoms with Gasteiger partial charge in [0.1, 0.15) is 18.8 Å². The number of hydrogen-bond donors (Lipinski definition) is 3. The highest BCUT2D eigenvalue weighted by Gasteiger charge is 2.34. The van der Waals surface area contributed by atoms with Crippen LogP contribution in [0.5, 0.6) is 0 Å². The summed E-state index contributed by atoms with van der Waals surface area (Å²) in [6.45, 7) is 2.10. The van der Waals surface area contributed by atoms with E-state index in [2.05, 4.69) is 33.2 Å². The van der Waals surface area contributed by atoms with Crippen LogP contribution in [0.4, 0.5) is 0 Å². The van der Waals surface area contributed by atoms with Gasteiger partial charge in [0, 0.05) is 6.42 Å². The Hall–Kier alpha value is -0.830. The molecule has 3 N–H and O–H groups in total. The molecule has 1 atom stereocenters. The summed E-state index contributed by atoms with van der Waals surface area (Å²) < 4.78 is -0.352. The zero-order valence-corrected chi connectivity index (χ0v) is 15.6. The summed E-state index contributed by atoms with van der Waals surface area (Å²) in [5.41, 5.74) is 2.74. The number of nitrogens with one attached hydrogen (secondary N) is 3. The van der Waals surface area contributed by atoms with E-state index >= 15 is 0 Å². The second-order valence-electron chi connectivity index (χ2n) is 4.81. The van der Waals surface area contributed by atoms with Gasteiger partial charge in [0.05, 0.1) is 0 Å². The Morgan fingerprint density at radius 3 is 2.43 bits per heavy atom. The molecule has 1 aromatic rings. The normalized spacial score (nSPS) is 12.5. The van der Waals surface area contributed by atoms with Crippen LogP contribution < -0.4 is 16.1 Å². The quantitative estimate of drug-likeness (QED) is 0.269. The zero-order chi connectivity index (χ0) is 17.3. The first-order valence-electron chi connectivity index (χ1n) is 7.11. The standard InChI is InChI=1S/C12H19Cl3N6OS/c1-2-3-4-5-6-9(22)18-10(12(13,14)15)19-11(23)20-21-7-16-17-8-21/h7-8,10H,2-6H2,1H3,(H,18,22)(H2,19,20,23). The zero-order valence-electron chi connectivity index (χ0n) is 12.6. The van der Waals surface area contributed by atoms with Crippen molar-refractivity contribution in [2.45, 2.75) is 49.0 Å². The van der Waals surface area contributed by atoms with Crippen LogP contribution in [0.25, 0.3) is 0 Å². The molecular weight excluding hydrogens is 383 g/mol. The van der Waals surface area contributed by atoms with Crippen LogP contribution in [0, 0.1) is 0 Å². The van der Waals surface area contributed by atoms with Crippen LogP contribution >= 0.6 is 47.0 Å². The van der Waals surface area contributed by atoms with Crippen molar-refractivity contribution in [1.82, 2.24) is 25.5 Å². The maximum atomic E-state index is 11.9. The van der Waals surface area contributed by atoms with Crippen molar-refractivity contribution in [3.63, 3.8) is 0 Å². The third kappa shape index (κ3) is 8.55. The lowest BCUT2D eigenvalue weighted by Gasteiger charge is -2.27. The number of carbonyl (C=O) groups excluding carboxylic acids is 1. The van der Waals surface area contributed by atoms with Gasteiger partial charge in [0.25, 0.3) is 0 Å². The van der Waals surface area contributed by atoms with Gasteiger partial charge in [0.15, 0.2) is 5.11 Å². The van der Waals surface area contributed by atoms with E-state index in [1.165, 1.54) is 17.3 Å². The van der Waals surface area contributed by atoms with Gasteiger partial charge in [-0.15, -0.1) is 10.2 Å². The fourth-order valence-electron chi connectivity index (χ4n) is 1.68. The number of amides is 1. The predicted molar refractivity (Wildman–Crippen MR) is 96.1 cm³/mol. The number of aromatic nitrogens is 3. The van der Waals surface area contributed by atoms with Crippen LogP contribution in [-0.2, 0) is 4.79 Å². The SMILES string of the molecule is CCCCCCC(=O)NC(NC(=S)Nn1cnnc1)C(Cl)(Cl)Cl. The Labute approximate surface area is 155 Å². The first-order chi connectivity index (χ1) is 10.8. The molecule has 1 heterocycles. The first kappa shape index (κ1) is 20.2. The molecule has 7 nitrogen and oxygen atoms in total. The number of hydrogen-bond acceptors (Lipinski definition) is 4.